The van der Waals surface area contributed by atoms with Gasteiger partial charge in [-0.2, -0.15) is 4.98 Å². The molecular formula is C20H22F3N5O2. The van der Waals surface area contributed by atoms with Crippen molar-refractivity contribution in [3.63, 3.8) is 0 Å². The molecule has 2 N–H and O–H groups in total. The van der Waals surface area contributed by atoms with E-state index >= 15 is 0 Å². The fraction of sp³-hybridized carbons (Fsp3) is 0.450. The highest BCUT2D eigenvalue weighted by atomic mass is 19.2. The van der Waals surface area contributed by atoms with Crippen molar-refractivity contribution in [1.82, 2.24) is 9.97 Å². The van der Waals surface area contributed by atoms with Crippen molar-refractivity contribution in [2.75, 3.05) is 22.6 Å². The first-order valence-electron chi connectivity index (χ1n) is 9.73. The third-order valence-corrected chi connectivity index (χ3v) is 5.59. The van der Waals surface area contributed by atoms with Gasteiger partial charge in [-0.05, 0) is 26.7 Å². The zero-order valence-electron chi connectivity index (χ0n) is 16.8. The van der Waals surface area contributed by atoms with E-state index in [0.29, 0.717) is 36.0 Å². The van der Waals surface area contributed by atoms with E-state index in [1.54, 1.807) is 25.8 Å². The van der Waals surface area contributed by atoms with E-state index in [1.165, 1.54) is 0 Å². The minimum Gasteiger partial charge on any atom is -0.490 e. The van der Waals surface area contributed by atoms with Crippen LogP contribution >= 0.6 is 0 Å². The molecule has 1 aromatic carbocycles. The fourth-order valence-corrected chi connectivity index (χ4v) is 3.76. The molecule has 2 aliphatic rings. The number of ether oxygens (including phenoxy) is 1. The molecule has 2 aromatic rings. The molecule has 0 bridgehead atoms. The van der Waals surface area contributed by atoms with Crippen molar-refractivity contribution in [3.8, 4) is 5.75 Å². The Labute approximate surface area is 171 Å². The number of nitrogens with zero attached hydrogens (tertiary/aromatic N) is 3. The van der Waals surface area contributed by atoms with Gasteiger partial charge in [-0.15, -0.1) is 0 Å². The lowest BCUT2D eigenvalue weighted by Gasteiger charge is -2.32. The van der Waals surface area contributed by atoms with Crippen LogP contribution in [0.5, 0.6) is 5.75 Å². The molecule has 7 nitrogen and oxygen atoms in total. The Morgan fingerprint density at radius 3 is 2.60 bits per heavy atom. The normalized spacial score (nSPS) is 23.2. The first-order chi connectivity index (χ1) is 14.2. The van der Waals surface area contributed by atoms with E-state index in [0.717, 1.165) is 18.6 Å². The number of benzene rings is 1. The molecule has 30 heavy (non-hydrogen) atoms. The standard InChI is InChI=1S/C20H22F3N5O2/c1-9-17-18(28(3)10(2)19(29)26-17)27-20(24-9)25-11-4-5-12(6-11)30-13-7-14(21)16(23)15(22)8-13/h7-8,10-12H,4-6H2,1-3H3,(H,26,29)(H,24,25,27)/t10-,11+,12-/m0/s1. The largest absolute Gasteiger partial charge is 0.490 e. The molecule has 1 aromatic heterocycles. The number of carbonyl (C=O) groups excluding carboxylic acids is 1. The number of amides is 1. The molecule has 0 radical (unpaired) electrons. The Bertz CT molecular complexity index is 980. The molecule has 1 fully saturated rings. The Morgan fingerprint density at radius 2 is 1.90 bits per heavy atom. The summed E-state index contributed by atoms with van der Waals surface area (Å²) in [5, 5.41) is 6.11. The maximum atomic E-state index is 13.4. The number of fused-ring (bicyclic) bond motifs is 1. The summed E-state index contributed by atoms with van der Waals surface area (Å²) in [6.45, 7) is 3.59. The summed E-state index contributed by atoms with van der Waals surface area (Å²) in [5.41, 5.74) is 1.25. The van der Waals surface area contributed by atoms with Gasteiger partial charge >= 0.3 is 0 Å². The van der Waals surface area contributed by atoms with Crippen molar-refractivity contribution in [1.29, 1.82) is 0 Å². The predicted molar refractivity (Wildman–Crippen MR) is 105 cm³/mol. The summed E-state index contributed by atoms with van der Waals surface area (Å²) in [4.78, 5) is 22.8. The maximum absolute atomic E-state index is 13.4. The number of rotatable bonds is 4. The second kappa shape index (κ2) is 7.66. The van der Waals surface area contributed by atoms with E-state index in [-0.39, 0.29) is 29.8 Å². The van der Waals surface area contributed by atoms with Crippen molar-refractivity contribution in [2.24, 2.45) is 0 Å². The van der Waals surface area contributed by atoms with Crippen LogP contribution in [0.2, 0.25) is 0 Å². The van der Waals surface area contributed by atoms with Crippen molar-refractivity contribution < 1.29 is 22.7 Å². The van der Waals surface area contributed by atoms with Crippen LogP contribution in [0.15, 0.2) is 12.1 Å². The first kappa shape index (κ1) is 20.2. The summed E-state index contributed by atoms with van der Waals surface area (Å²) in [6.07, 6.45) is 1.71. The number of halogens is 3. The molecule has 160 valence electrons. The van der Waals surface area contributed by atoms with Gasteiger partial charge in [-0.1, -0.05) is 0 Å². The molecule has 0 saturated heterocycles. The van der Waals surface area contributed by atoms with Crippen LogP contribution in [0.3, 0.4) is 0 Å². The average molecular weight is 421 g/mol. The van der Waals surface area contributed by atoms with Crippen LogP contribution < -0.4 is 20.3 Å². The zero-order chi connectivity index (χ0) is 21.6. The van der Waals surface area contributed by atoms with Crippen molar-refractivity contribution >= 4 is 23.4 Å². The second-order valence-electron chi connectivity index (χ2n) is 7.70. The summed E-state index contributed by atoms with van der Waals surface area (Å²) >= 11 is 0. The molecule has 0 unspecified atom stereocenters. The number of hydrogen-bond acceptors (Lipinski definition) is 6. The topological polar surface area (TPSA) is 79.4 Å². The van der Waals surface area contributed by atoms with Crippen molar-refractivity contribution in [3.05, 3.63) is 35.3 Å². The van der Waals surface area contributed by atoms with Crippen molar-refractivity contribution in [2.45, 2.75) is 51.3 Å². The number of hydrogen-bond donors (Lipinski definition) is 2. The Balaban J connectivity index is 1.44. The van der Waals surface area contributed by atoms with Gasteiger partial charge in [0.2, 0.25) is 11.9 Å². The van der Waals surface area contributed by atoms with Gasteiger partial charge in [-0.3, -0.25) is 4.79 Å². The lowest BCUT2D eigenvalue weighted by atomic mass is 10.2. The second-order valence-corrected chi connectivity index (χ2v) is 7.70. The van der Waals surface area contributed by atoms with Gasteiger partial charge in [0.25, 0.3) is 0 Å². The van der Waals surface area contributed by atoms with Gasteiger partial charge in [-0.25, -0.2) is 18.2 Å². The van der Waals surface area contributed by atoms with Gasteiger partial charge < -0.3 is 20.3 Å². The van der Waals surface area contributed by atoms with E-state index in [2.05, 4.69) is 20.6 Å². The smallest absolute Gasteiger partial charge is 0.246 e. The van der Waals surface area contributed by atoms with Gasteiger partial charge in [0.15, 0.2) is 23.3 Å². The third kappa shape index (κ3) is 3.73. The number of aromatic nitrogens is 2. The zero-order valence-corrected chi connectivity index (χ0v) is 16.8. The SMILES string of the molecule is Cc1nc(N[C@@H]2CC[C@H](Oc3cc(F)c(F)c(F)c3)C2)nc2c1NC(=O)[C@H](C)N2C. The van der Waals surface area contributed by atoms with Crippen LogP contribution in [0.1, 0.15) is 31.9 Å². The van der Waals surface area contributed by atoms with Crippen LogP contribution in [0.25, 0.3) is 0 Å². The van der Waals surface area contributed by atoms with E-state index < -0.39 is 17.5 Å². The Kier molecular flexibility index (Phi) is 5.17. The summed E-state index contributed by atoms with van der Waals surface area (Å²) < 4.78 is 45.5. The molecule has 1 aliphatic heterocycles. The molecule has 4 rings (SSSR count). The van der Waals surface area contributed by atoms with E-state index in [9.17, 15) is 18.0 Å². The molecule has 1 saturated carbocycles. The van der Waals surface area contributed by atoms with Crippen LogP contribution in [0.4, 0.5) is 30.6 Å². The Morgan fingerprint density at radius 1 is 1.20 bits per heavy atom. The van der Waals surface area contributed by atoms with E-state index in [4.69, 9.17) is 4.74 Å². The monoisotopic (exact) mass is 421 g/mol. The Hall–Kier alpha value is -3.04. The molecule has 1 amide bonds. The summed E-state index contributed by atoms with van der Waals surface area (Å²) in [7, 11) is 1.80. The van der Waals surface area contributed by atoms with Gasteiger partial charge in [0.1, 0.15) is 23.6 Å². The number of likely N-dealkylation sites (N-methyl/N-ethyl adjacent to an activating group) is 1. The van der Waals surface area contributed by atoms with E-state index in [1.807, 2.05) is 0 Å². The van der Waals surface area contributed by atoms with Crippen LogP contribution in [-0.4, -0.2) is 41.1 Å². The summed E-state index contributed by atoms with van der Waals surface area (Å²) in [5.74, 6) is -3.14. The quantitative estimate of drug-likeness (QED) is 0.737. The maximum Gasteiger partial charge on any atom is 0.246 e. The minimum absolute atomic E-state index is 0.00324. The molecule has 10 heteroatoms. The lowest BCUT2D eigenvalue weighted by molar-refractivity contribution is -0.117. The summed E-state index contributed by atoms with van der Waals surface area (Å²) in [6, 6.07) is 1.35. The highest BCUT2D eigenvalue weighted by molar-refractivity contribution is 6.03. The number of aryl methyl sites for hydroxylation is 1. The minimum atomic E-state index is -1.51. The third-order valence-electron chi connectivity index (χ3n) is 5.59. The number of anilines is 3. The molecule has 3 atom stereocenters. The van der Waals surface area contributed by atoms with Gasteiger partial charge in [0.05, 0.1) is 5.69 Å². The average Bonchev–Trinajstić information content (AvgIpc) is 3.12. The van der Waals surface area contributed by atoms with Crippen LogP contribution in [0, 0.1) is 24.4 Å². The predicted octanol–water partition coefficient (Wildman–Crippen LogP) is 3.39. The molecule has 2 heterocycles. The highest BCUT2D eigenvalue weighted by Crippen LogP contribution is 2.33. The highest BCUT2D eigenvalue weighted by Gasteiger charge is 2.32. The molecular weight excluding hydrogens is 399 g/mol. The molecule has 1 aliphatic carbocycles. The number of nitrogens with one attached hydrogen (secondary N) is 2. The van der Waals surface area contributed by atoms with Gasteiger partial charge in [0, 0.05) is 31.6 Å². The lowest BCUT2D eigenvalue weighted by Crippen LogP contribution is -2.45. The number of carbonyl (C=O) groups is 1. The first-order valence-corrected chi connectivity index (χ1v) is 9.73. The fourth-order valence-electron chi connectivity index (χ4n) is 3.76. The molecule has 0 spiro atoms. The van der Waals surface area contributed by atoms with Crippen LogP contribution in [-0.2, 0) is 4.79 Å².